The zero-order valence-electron chi connectivity index (χ0n) is 19.7. The summed E-state index contributed by atoms with van der Waals surface area (Å²) in [7, 11) is 0. The van der Waals surface area contributed by atoms with E-state index in [4.69, 9.17) is 5.11 Å². The minimum Gasteiger partial charge on any atom is -0.481 e. The first-order chi connectivity index (χ1) is 15.8. The number of carboxylic acids is 1. The molecule has 2 unspecified atom stereocenters. The van der Waals surface area contributed by atoms with Crippen LogP contribution >= 0.6 is 11.8 Å². The average Bonchev–Trinajstić information content (AvgIpc) is 3.36. The topological polar surface area (TPSA) is 98.2 Å². The van der Waals surface area contributed by atoms with Crippen molar-refractivity contribution in [2.45, 2.75) is 92.7 Å². The second kappa shape index (κ2) is 9.61. The van der Waals surface area contributed by atoms with Crippen LogP contribution in [-0.4, -0.2) is 79.1 Å². The molecule has 0 radical (unpaired) electrons. The van der Waals surface area contributed by atoms with E-state index in [1.807, 2.05) is 11.8 Å². The molecule has 1 saturated carbocycles. The van der Waals surface area contributed by atoms with E-state index in [9.17, 15) is 19.5 Å². The number of fused-ring (bicyclic) bond motifs is 1. The molecule has 3 saturated heterocycles. The Morgan fingerprint density at radius 3 is 2.58 bits per heavy atom. The Labute approximate surface area is 201 Å². The molecule has 3 aliphatic heterocycles. The maximum absolute atomic E-state index is 14.3. The van der Waals surface area contributed by atoms with Crippen molar-refractivity contribution >= 4 is 29.5 Å². The maximum atomic E-state index is 14.3. The molecule has 8 heteroatoms. The summed E-state index contributed by atoms with van der Waals surface area (Å²) in [4.78, 5) is 44.0. The zero-order chi connectivity index (χ0) is 23.8. The summed E-state index contributed by atoms with van der Waals surface area (Å²) in [6.45, 7) is 6.84. The number of carbonyl (C=O) groups excluding carboxylic acids is 2. The summed E-state index contributed by atoms with van der Waals surface area (Å²) in [6, 6.07) is -0.470. The second-order valence-electron chi connectivity index (χ2n) is 10.5. The summed E-state index contributed by atoms with van der Waals surface area (Å²) >= 11 is 1.60. The molecule has 33 heavy (non-hydrogen) atoms. The van der Waals surface area contributed by atoms with Crippen LogP contribution in [0, 0.1) is 11.8 Å². The number of hydrogen-bond acceptors (Lipinski definition) is 5. The van der Waals surface area contributed by atoms with Gasteiger partial charge in [-0.05, 0) is 51.9 Å². The van der Waals surface area contributed by atoms with Crippen LogP contribution in [0.1, 0.15) is 71.1 Å². The van der Waals surface area contributed by atoms with Crippen LogP contribution in [0.5, 0.6) is 0 Å². The lowest BCUT2D eigenvalue weighted by molar-refractivity contribution is -0.150. The molecule has 7 nitrogen and oxygen atoms in total. The first-order valence-corrected chi connectivity index (χ1v) is 13.4. The van der Waals surface area contributed by atoms with Gasteiger partial charge in [0, 0.05) is 30.5 Å². The summed E-state index contributed by atoms with van der Waals surface area (Å²) in [5.74, 6) is -2.52. The van der Waals surface area contributed by atoms with Gasteiger partial charge >= 0.3 is 5.97 Å². The molecule has 1 spiro atoms. The number of unbranched alkanes of at least 4 members (excludes halogenated alkanes) is 2. The minimum atomic E-state index is -0.923. The average molecular weight is 479 g/mol. The summed E-state index contributed by atoms with van der Waals surface area (Å²) in [5.41, 5.74) is 0. The van der Waals surface area contributed by atoms with Crippen LogP contribution in [-0.2, 0) is 14.4 Å². The largest absolute Gasteiger partial charge is 0.481 e. The van der Waals surface area contributed by atoms with E-state index in [1.54, 1.807) is 22.7 Å². The fourth-order valence-electron chi connectivity index (χ4n) is 7.00. The van der Waals surface area contributed by atoms with Crippen molar-refractivity contribution in [3.8, 4) is 0 Å². The smallest absolute Gasteiger partial charge is 0.308 e. The van der Waals surface area contributed by atoms with E-state index in [0.717, 1.165) is 32.1 Å². The van der Waals surface area contributed by atoms with Gasteiger partial charge in [0.05, 0.1) is 16.6 Å². The number of amides is 2. The number of aliphatic hydroxyl groups excluding tert-OH is 1. The van der Waals surface area contributed by atoms with Gasteiger partial charge in [-0.3, -0.25) is 14.4 Å². The molecule has 2 N–H and O–H groups in total. The van der Waals surface area contributed by atoms with Crippen LogP contribution in [0.2, 0.25) is 0 Å². The van der Waals surface area contributed by atoms with E-state index in [1.165, 1.54) is 6.42 Å². The van der Waals surface area contributed by atoms with Gasteiger partial charge in [-0.2, -0.15) is 0 Å². The third-order valence-corrected chi connectivity index (χ3v) is 10.4. The molecule has 4 fully saturated rings. The van der Waals surface area contributed by atoms with Crippen LogP contribution in [0.3, 0.4) is 0 Å². The second-order valence-corrected chi connectivity index (χ2v) is 12.3. The van der Waals surface area contributed by atoms with Crippen molar-refractivity contribution in [2.75, 3.05) is 19.7 Å². The fourth-order valence-corrected chi connectivity index (χ4v) is 9.34. The molecular formula is C25H38N2O5S. The molecule has 0 aromatic heterocycles. The molecular weight excluding hydrogens is 440 g/mol. The van der Waals surface area contributed by atoms with E-state index < -0.39 is 33.3 Å². The standard InChI is InChI=1S/C25H38N2O5S/c1-3-14-26(17-10-6-4-7-11-17)22(30)20-25-13-12-24(2,33-25)19(23(31)32)18(25)21(29)27(20)15-8-5-9-16-28/h3,17-20,28H,1,4-16H2,2H3,(H,31,32)/t18-,19-,20?,24+,25?/m0/s1. The third kappa shape index (κ3) is 4.01. The Morgan fingerprint density at radius 1 is 1.21 bits per heavy atom. The molecule has 0 aromatic carbocycles. The van der Waals surface area contributed by atoms with Gasteiger partial charge < -0.3 is 20.0 Å². The molecule has 2 bridgehead atoms. The Hall–Kier alpha value is -1.54. The Kier molecular flexibility index (Phi) is 7.16. The predicted molar refractivity (Wildman–Crippen MR) is 128 cm³/mol. The van der Waals surface area contributed by atoms with Crippen LogP contribution < -0.4 is 0 Å². The normalized spacial score (nSPS) is 35.6. The Morgan fingerprint density at radius 2 is 1.94 bits per heavy atom. The van der Waals surface area contributed by atoms with Crippen molar-refractivity contribution < 1.29 is 24.6 Å². The number of aliphatic carboxylic acids is 1. The number of hydrogen-bond donors (Lipinski definition) is 2. The SMILES string of the molecule is C=CCN(C(=O)C1N(CCCCCO)C(=O)[C@@H]2[C@@H](C(=O)O)[C@@]3(C)CCC12S3)C1CCCCC1. The van der Waals surface area contributed by atoms with Gasteiger partial charge in [-0.15, -0.1) is 18.3 Å². The summed E-state index contributed by atoms with van der Waals surface area (Å²) < 4.78 is -1.18. The Balaban J connectivity index is 1.70. The fraction of sp³-hybridized carbons (Fsp3) is 0.800. The van der Waals surface area contributed by atoms with E-state index >= 15 is 0 Å². The highest BCUT2D eigenvalue weighted by atomic mass is 32.2. The molecule has 3 heterocycles. The highest BCUT2D eigenvalue weighted by Crippen LogP contribution is 2.71. The first-order valence-electron chi connectivity index (χ1n) is 12.6. The lowest BCUT2D eigenvalue weighted by atomic mass is 9.66. The maximum Gasteiger partial charge on any atom is 0.308 e. The number of carboxylic acid groups (broad SMARTS) is 1. The lowest BCUT2D eigenvalue weighted by Gasteiger charge is -2.41. The van der Waals surface area contributed by atoms with Crippen LogP contribution in [0.4, 0.5) is 0 Å². The zero-order valence-corrected chi connectivity index (χ0v) is 20.5. The van der Waals surface area contributed by atoms with Gasteiger partial charge in [0.15, 0.2) is 0 Å². The molecule has 1 aliphatic carbocycles. The molecule has 4 rings (SSSR count). The predicted octanol–water partition coefficient (Wildman–Crippen LogP) is 3.06. The van der Waals surface area contributed by atoms with Gasteiger partial charge in [0.25, 0.3) is 0 Å². The third-order valence-electron chi connectivity index (χ3n) is 8.46. The highest BCUT2D eigenvalue weighted by molar-refractivity contribution is 8.02. The van der Waals surface area contributed by atoms with E-state index in [0.29, 0.717) is 38.8 Å². The van der Waals surface area contributed by atoms with Crippen LogP contribution in [0.15, 0.2) is 12.7 Å². The monoisotopic (exact) mass is 478 g/mol. The lowest BCUT2D eigenvalue weighted by Crippen LogP contribution is -2.57. The molecule has 2 amide bonds. The van der Waals surface area contributed by atoms with Crippen molar-refractivity contribution in [1.29, 1.82) is 0 Å². The van der Waals surface area contributed by atoms with Crippen molar-refractivity contribution in [2.24, 2.45) is 11.8 Å². The van der Waals surface area contributed by atoms with Crippen molar-refractivity contribution in [3.63, 3.8) is 0 Å². The van der Waals surface area contributed by atoms with Crippen molar-refractivity contribution in [1.82, 2.24) is 9.80 Å². The van der Waals surface area contributed by atoms with Gasteiger partial charge in [0.1, 0.15) is 6.04 Å². The number of thioether (sulfide) groups is 1. The van der Waals surface area contributed by atoms with Gasteiger partial charge in [-0.25, -0.2) is 0 Å². The molecule has 5 atom stereocenters. The number of nitrogens with zero attached hydrogens (tertiary/aromatic N) is 2. The molecule has 184 valence electrons. The quantitative estimate of drug-likeness (QED) is 0.370. The van der Waals surface area contributed by atoms with Crippen molar-refractivity contribution in [3.05, 3.63) is 12.7 Å². The summed E-state index contributed by atoms with van der Waals surface area (Å²) in [5, 5.41) is 19.2. The van der Waals surface area contributed by atoms with Crippen LogP contribution in [0.25, 0.3) is 0 Å². The van der Waals surface area contributed by atoms with Gasteiger partial charge in [-0.1, -0.05) is 25.3 Å². The molecule has 0 aromatic rings. The number of rotatable bonds is 10. The number of carbonyl (C=O) groups is 3. The number of aliphatic hydroxyl groups is 1. The van der Waals surface area contributed by atoms with Gasteiger partial charge in [0.2, 0.25) is 11.8 Å². The number of likely N-dealkylation sites (tertiary alicyclic amines) is 1. The highest BCUT2D eigenvalue weighted by Gasteiger charge is 2.77. The summed E-state index contributed by atoms with van der Waals surface area (Å²) in [6.07, 6.45) is 10.6. The van der Waals surface area contributed by atoms with E-state index in [2.05, 4.69) is 6.58 Å². The van der Waals surface area contributed by atoms with E-state index in [-0.39, 0.29) is 24.5 Å². The Bertz CT molecular complexity index is 800. The minimum absolute atomic E-state index is 0.0254. The first kappa shape index (κ1) is 24.6. The molecule has 4 aliphatic rings.